The molecule has 0 saturated heterocycles. The second-order valence-electron chi connectivity index (χ2n) is 6.65. The smallest absolute Gasteiger partial charge is 0.422 e. The van der Waals surface area contributed by atoms with Crippen molar-refractivity contribution in [3.63, 3.8) is 0 Å². The predicted octanol–water partition coefficient (Wildman–Crippen LogP) is 5.36. The van der Waals surface area contributed by atoms with Crippen LogP contribution in [0.2, 0.25) is 0 Å². The zero-order valence-electron chi connectivity index (χ0n) is 14.9. The lowest BCUT2D eigenvalue weighted by atomic mass is 10.2. The average Bonchev–Trinajstić information content (AvgIpc) is 2.49. The van der Waals surface area contributed by atoms with E-state index in [2.05, 4.69) is 18.9 Å². The number of rotatable bonds is 6. The minimum Gasteiger partial charge on any atom is -0.443 e. The van der Waals surface area contributed by atoms with Crippen molar-refractivity contribution in [2.75, 3.05) is 0 Å². The van der Waals surface area contributed by atoms with Gasteiger partial charge in [0.15, 0.2) is 0 Å². The van der Waals surface area contributed by atoms with Crippen LogP contribution in [0.3, 0.4) is 0 Å². The maximum Gasteiger partial charge on any atom is 0.422 e. The predicted molar refractivity (Wildman–Crippen MR) is 94.8 cm³/mol. The van der Waals surface area contributed by atoms with Gasteiger partial charge in [0, 0.05) is 12.5 Å². The van der Waals surface area contributed by atoms with Crippen LogP contribution in [0.25, 0.3) is 0 Å². The Bertz CT molecular complexity index is 520. The van der Waals surface area contributed by atoms with Crippen LogP contribution in [-0.4, -0.2) is 16.6 Å². The molecule has 0 aromatic heterocycles. The van der Waals surface area contributed by atoms with Crippen molar-refractivity contribution in [2.45, 2.75) is 71.9 Å². The summed E-state index contributed by atoms with van der Waals surface area (Å²) >= 11 is 0. The van der Waals surface area contributed by atoms with Crippen molar-refractivity contribution in [1.82, 2.24) is 4.90 Å². The average molecular weight is 315 g/mol. The minimum atomic E-state index is -0.519. The molecule has 0 radical (unpaired) electrons. The van der Waals surface area contributed by atoms with Crippen LogP contribution < -0.4 is 0 Å². The van der Waals surface area contributed by atoms with Gasteiger partial charge in [-0.05, 0) is 32.8 Å². The van der Waals surface area contributed by atoms with E-state index in [0.29, 0.717) is 6.54 Å². The zero-order valence-corrected chi connectivity index (χ0v) is 14.9. The van der Waals surface area contributed by atoms with Gasteiger partial charge in [0.1, 0.15) is 5.60 Å². The zero-order chi connectivity index (χ0) is 17.1. The molecule has 0 N–H and O–H groups in total. The third-order valence-corrected chi connectivity index (χ3v) is 3.17. The topological polar surface area (TPSA) is 29.5 Å². The number of carbonyl (C=O) groups excluding carboxylic acids is 1. The fourth-order valence-corrected chi connectivity index (χ4v) is 2.02. The van der Waals surface area contributed by atoms with Crippen LogP contribution in [0, 0.1) is 12.0 Å². The van der Waals surface area contributed by atoms with Crippen molar-refractivity contribution in [3.05, 3.63) is 35.9 Å². The number of hydrogen-bond acceptors (Lipinski definition) is 2. The highest BCUT2D eigenvalue weighted by Gasteiger charge is 2.21. The van der Waals surface area contributed by atoms with E-state index in [1.165, 1.54) is 24.2 Å². The molecule has 0 atom stereocenters. The second kappa shape index (κ2) is 9.94. The lowest BCUT2D eigenvalue weighted by molar-refractivity contribution is 0.0341. The molecule has 0 bridgehead atoms. The molecule has 0 unspecified atom stereocenters. The van der Waals surface area contributed by atoms with E-state index in [-0.39, 0.29) is 6.09 Å². The van der Waals surface area contributed by atoms with Crippen LogP contribution in [0.1, 0.15) is 65.4 Å². The highest BCUT2D eigenvalue weighted by molar-refractivity contribution is 5.70. The standard InChI is InChI=1S/C20H29NO2/c1-5-6-7-8-9-13-16-21(19(22)23-20(2,3)4)17-18-14-11-10-12-15-18/h10-12,14-15H,5-9,17H2,1-4H3. The maximum atomic E-state index is 12.3. The number of unbranched alkanes of at least 4 members (excludes halogenated alkanes) is 4. The Morgan fingerprint density at radius 2 is 1.83 bits per heavy atom. The molecule has 1 aromatic rings. The molecular formula is C20H29NO2. The number of ether oxygens (including phenoxy) is 1. The molecule has 1 aromatic carbocycles. The van der Waals surface area contributed by atoms with Crippen molar-refractivity contribution >= 4 is 6.09 Å². The van der Waals surface area contributed by atoms with Gasteiger partial charge >= 0.3 is 6.09 Å². The van der Waals surface area contributed by atoms with E-state index in [1.54, 1.807) is 0 Å². The molecule has 23 heavy (non-hydrogen) atoms. The first kappa shape index (κ1) is 19.1. The largest absolute Gasteiger partial charge is 0.443 e. The molecule has 126 valence electrons. The van der Waals surface area contributed by atoms with Crippen LogP contribution in [-0.2, 0) is 11.3 Å². The van der Waals surface area contributed by atoms with Gasteiger partial charge in [0.05, 0.1) is 6.54 Å². The molecule has 3 heteroatoms. The summed E-state index contributed by atoms with van der Waals surface area (Å²) in [4.78, 5) is 13.8. The summed E-state index contributed by atoms with van der Waals surface area (Å²) in [6.07, 6.45) is 5.15. The summed E-state index contributed by atoms with van der Waals surface area (Å²) < 4.78 is 5.45. The second-order valence-corrected chi connectivity index (χ2v) is 6.65. The van der Waals surface area contributed by atoms with Gasteiger partial charge in [-0.1, -0.05) is 62.4 Å². The third-order valence-electron chi connectivity index (χ3n) is 3.17. The summed E-state index contributed by atoms with van der Waals surface area (Å²) in [5, 5.41) is 0. The van der Waals surface area contributed by atoms with Gasteiger partial charge in [0.2, 0.25) is 0 Å². The van der Waals surface area contributed by atoms with Crippen molar-refractivity contribution in [3.8, 4) is 12.0 Å². The lowest BCUT2D eigenvalue weighted by Crippen LogP contribution is -2.33. The number of carbonyl (C=O) groups is 1. The van der Waals surface area contributed by atoms with Crippen molar-refractivity contribution in [2.24, 2.45) is 0 Å². The summed E-state index contributed by atoms with van der Waals surface area (Å²) in [5.74, 6) is 3.11. The summed E-state index contributed by atoms with van der Waals surface area (Å²) in [6, 6.07) is 12.8. The molecule has 0 aliphatic carbocycles. The number of hydrogen-bond donors (Lipinski definition) is 0. The van der Waals surface area contributed by atoms with E-state index in [4.69, 9.17) is 4.74 Å². The molecule has 0 heterocycles. The Kier molecular flexibility index (Phi) is 8.26. The molecule has 0 fully saturated rings. The van der Waals surface area contributed by atoms with Gasteiger partial charge in [-0.3, -0.25) is 0 Å². The molecule has 0 aliphatic rings. The Morgan fingerprint density at radius 1 is 1.13 bits per heavy atom. The molecule has 0 saturated carbocycles. The van der Waals surface area contributed by atoms with Gasteiger partial charge < -0.3 is 4.74 Å². The number of benzene rings is 1. The normalized spacial score (nSPS) is 10.6. The van der Waals surface area contributed by atoms with E-state index >= 15 is 0 Å². The fourth-order valence-electron chi connectivity index (χ4n) is 2.02. The van der Waals surface area contributed by atoms with Gasteiger partial charge in [-0.2, -0.15) is 0 Å². The fraction of sp³-hybridized carbons (Fsp3) is 0.550. The molecular weight excluding hydrogens is 286 g/mol. The quantitative estimate of drug-likeness (QED) is 0.402. The molecule has 1 rings (SSSR count). The first-order valence-electron chi connectivity index (χ1n) is 8.45. The minimum absolute atomic E-state index is 0.387. The first-order valence-corrected chi connectivity index (χ1v) is 8.45. The van der Waals surface area contributed by atoms with Crippen molar-refractivity contribution < 1.29 is 9.53 Å². The molecule has 0 spiro atoms. The van der Waals surface area contributed by atoms with Crippen molar-refractivity contribution in [1.29, 1.82) is 0 Å². The van der Waals surface area contributed by atoms with Gasteiger partial charge in [0.25, 0.3) is 0 Å². The highest BCUT2D eigenvalue weighted by Crippen LogP contribution is 2.12. The van der Waals surface area contributed by atoms with Gasteiger partial charge in [-0.15, -0.1) is 0 Å². The van der Waals surface area contributed by atoms with Crippen LogP contribution in [0.5, 0.6) is 0 Å². The highest BCUT2D eigenvalue weighted by atomic mass is 16.6. The Balaban J connectivity index is 2.68. The molecule has 1 amide bonds. The van der Waals surface area contributed by atoms with Crippen LogP contribution in [0.4, 0.5) is 4.79 Å². The third kappa shape index (κ3) is 8.93. The Hall–Kier alpha value is -1.95. The summed E-state index contributed by atoms with van der Waals surface area (Å²) in [5.41, 5.74) is 0.521. The number of amides is 1. The first-order chi connectivity index (χ1) is 10.9. The summed E-state index contributed by atoms with van der Waals surface area (Å²) in [7, 11) is 0. The molecule has 0 aliphatic heterocycles. The SMILES string of the molecule is CCCCCCC#CN(Cc1ccccc1)C(=O)OC(C)(C)C. The van der Waals surface area contributed by atoms with E-state index in [1.807, 2.05) is 51.1 Å². The van der Waals surface area contributed by atoms with Crippen LogP contribution >= 0.6 is 0 Å². The Morgan fingerprint density at radius 3 is 2.43 bits per heavy atom. The van der Waals surface area contributed by atoms with E-state index in [0.717, 1.165) is 18.4 Å². The van der Waals surface area contributed by atoms with E-state index < -0.39 is 5.60 Å². The Labute approximate surface area is 141 Å². The van der Waals surface area contributed by atoms with Gasteiger partial charge in [-0.25, -0.2) is 9.69 Å². The summed E-state index contributed by atoms with van der Waals surface area (Å²) in [6.45, 7) is 8.23. The van der Waals surface area contributed by atoms with E-state index in [9.17, 15) is 4.79 Å². The number of nitrogens with zero attached hydrogens (tertiary/aromatic N) is 1. The maximum absolute atomic E-state index is 12.3. The van der Waals surface area contributed by atoms with Crippen LogP contribution in [0.15, 0.2) is 30.3 Å². The monoisotopic (exact) mass is 315 g/mol. The lowest BCUT2D eigenvalue weighted by Gasteiger charge is -2.23. The molecule has 3 nitrogen and oxygen atoms in total.